The molecule has 1 heterocycles. The Hall–Kier alpha value is -0.740. The maximum absolute atomic E-state index is 13.1. The van der Waals surface area contributed by atoms with Gasteiger partial charge in [-0.3, -0.25) is 0 Å². The molecule has 2 N–H and O–H groups in total. The van der Waals surface area contributed by atoms with E-state index >= 15 is 0 Å². The topological polar surface area (TPSA) is 35.2 Å². The van der Waals surface area contributed by atoms with Crippen LogP contribution in [0.4, 0.5) is 4.39 Å². The minimum absolute atomic E-state index is 0.0315. The van der Waals surface area contributed by atoms with Crippen molar-refractivity contribution in [1.29, 1.82) is 0 Å². The van der Waals surface area contributed by atoms with Crippen LogP contribution in [0, 0.1) is 5.82 Å². The second-order valence-electron chi connectivity index (χ2n) is 4.25. The first-order valence-corrected chi connectivity index (χ1v) is 7.15. The lowest BCUT2D eigenvalue weighted by molar-refractivity contribution is 0.155. The Labute approximate surface area is 106 Å². The highest BCUT2D eigenvalue weighted by Gasteiger charge is 2.25. The van der Waals surface area contributed by atoms with E-state index in [0.29, 0.717) is 5.75 Å². The molecule has 0 saturated heterocycles. The Morgan fingerprint density at radius 3 is 3.12 bits per heavy atom. The molecule has 1 aromatic carbocycles. The molecule has 1 aliphatic rings. The second kappa shape index (κ2) is 5.74. The van der Waals surface area contributed by atoms with Gasteiger partial charge in [0.2, 0.25) is 0 Å². The largest absolute Gasteiger partial charge is 0.490 e. The van der Waals surface area contributed by atoms with Gasteiger partial charge in [0.15, 0.2) is 0 Å². The van der Waals surface area contributed by atoms with Gasteiger partial charge < -0.3 is 10.5 Å². The lowest BCUT2D eigenvalue weighted by atomic mass is 9.96. The second-order valence-corrected chi connectivity index (χ2v) is 5.64. The number of halogens is 1. The summed E-state index contributed by atoms with van der Waals surface area (Å²) in [5, 5.41) is 0. The summed E-state index contributed by atoms with van der Waals surface area (Å²) in [6.45, 7) is 2.14. The van der Waals surface area contributed by atoms with Crippen LogP contribution in [-0.2, 0) is 0 Å². The monoisotopic (exact) mass is 255 g/mol. The van der Waals surface area contributed by atoms with Crippen LogP contribution in [0.3, 0.4) is 0 Å². The van der Waals surface area contributed by atoms with Crippen molar-refractivity contribution in [2.45, 2.75) is 31.9 Å². The Bertz CT molecular complexity index is 386. The van der Waals surface area contributed by atoms with Gasteiger partial charge in [-0.25, -0.2) is 4.39 Å². The molecule has 2 rings (SSSR count). The maximum Gasteiger partial charge on any atom is 0.127 e. The average Bonchev–Trinajstić information content (AvgIpc) is 2.28. The molecule has 0 aromatic heterocycles. The zero-order valence-corrected chi connectivity index (χ0v) is 10.8. The highest BCUT2D eigenvalue weighted by Crippen LogP contribution is 2.34. The SMILES string of the molecule is CCSCCC1C[C@@H](N)c2ccc(F)cc2O1. The van der Waals surface area contributed by atoms with E-state index in [0.717, 1.165) is 29.9 Å². The summed E-state index contributed by atoms with van der Waals surface area (Å²) in [6.07, 6.45) is 1.92. The summed E-state index contributed by atoms with van der Waals surface area (Å²) in [5.41, 5.74) is 7.00. The average molecular weight is 255 g/mol. The van der Waals surface area contributed by atoms with Crippen molar-refractivity contribution < 1.29 is 9.13 Å². The summed E-state index contributed by atoms with van der Waals surface area (Å²) >= 11 is 1.89. The van der Waals surface area contributed by atoms with Crippen molar-refractivity contribution in [2.24, 2.45) is 5.73 Å². The third-order valence-corrected chi connectivity index (χ3v) is 3.91. The van der Waals surface area contributed by atoms with E-state index in [4.69, 9.17) is 10.5 Å². The molecule has 0 spiro atoms. The lowest BCUT2D eigenvalue weighted by Gasteiger charge is -2.30. The molecule has 1 unspecified atom stereocenters. The van der Waals surface area contributed by atoms with Gasteiger partial charge in [-0.2, -0.15) is 11.8 Å². The van der Waals surface area contributed by atoms with E-state index in [-0.39, 0.29) is 18.0 Å². The fraction of sp³-hybridized carbons (Fsp3) is 0.538. The quantitative estimate of drug-likeness (QED) is 0.840. The molecule has 4 heteroatoms. The van der Waals surface area contributed by atoms with Gasteiger partial charge in [-0.15, -0.1) is 0 Å². The van der Waals surface area contributed by atoms with E-state index in [1.807, 2.05) is 11.8 Å². The lowest BCUT2D eigenvalue weighted by Crippen LogP contribution is -2.30. The molecule has 2 atom stereocenters. The molecule has 94 valence electrons. The van der Waals surface area contributed by atoms with Crippen molar-refractivity contribution >= 4 is 11.8 Å². The van der Waals surface area contributed by atoms with Crippen molar-refractivity contribution in [3.8, 4) is 5.75 Å². The van der Waals surface area contributed by atoms with Crippen molar-refractivity contribution in [2.75, 3.05) is 11.5 Å². The molecule has 1 aromatic rings. The molecule has 0 amide bonds. The Kier molecular flexibility index (Phi) is 4.29. The number of rotatable bonds is 4. The van der Waals surface area contributed by atoms with Crippen LogP contribution in [0.2, 0.25) is 0 Å². The van der Waals surface area contributed by atoms with Crippen LogP contribution >= 0.6 is 11.8 Å². The van der Waals surface area contributed by atoms with Gasteiger partial charge in [0.05, 0.1) is 0 Å². The summed E-state index contributed by atoms with van der Waals surface area (Å²) in [7, 11) is 0. The van der Waals surface area contributed by atoms with Gasteiger partial charge in [0.25, 0.3) is 0 Å². The van der Waals surface area contributed by atoms with Gasteiger partial charge in [-0.1, -0.05) is 13.0 Å². The molecular weight excluding hydrogens is 237 g/mol. The molecule has 0 aliphatic carbocycles. The van der Waals surface area contributed by atoms with Crippen LogP contribution in [0.1, 0.15) is 31.4 Å². The Morgan fingerprint density at radius 2 is 2.35 bits per heavy atom. The highest BCUT2D eigenvalue weighted by molar-refractivity contribution is 7.99. The standard InChI is InChI=1S/C13H18FNOS/c1-2-17-6-5-10-8-12(15)11-4-3-9(14)7-13(11)16-10/h3-4,7,10,12H,2,5-6,8,15H2,1H3/t10?,12-/m1/s1. The minimum Gasteiger partial charge on any atom is -0.490 e. The Balaban J connectivity index is 2.04. The third-order valence-electron chi connectivity index (χ3n) is 2.97. The fourth-order valence-electron chi connectivity index (χ4n) is 2.09. The van der Waals surface area contributed by atoms with Gasteiger partial charge in [-0.05, 0) is 24.0 Å². The highest BCUT2D eigenvalue weighted by atomic mass is 32.2. The number of ether oxygens (including phenoxy) is 1. The smallest absolute Gasteiger partial charge is 0.127 e. The molecule has 1 aliphatic heterocycles. The molecule has 17 heavy (non-hydrogen) atoms. The summed E-state index contributed by atoms with van der Waals surface area (Å²) in [4.78, 5) is 0. The molecule has 0 saturated carbocycles. The van der Waals surface area contributed by atoms with Gasteiger partial charge in [0, 0.05) is 24.1 Å². The van der Waals surface area contributed by atoms with Crippen LogP contribution in [0.25, 0.3) is 0 Å². The third kappa shape index (κ3) is 3.13. The first-order valence-electron chi connectivity index (χ1n) is 6.00. The first kappa shape index (κ1) is 12.7. The normalized spacial score (nSPS) is 23.0. The summed E-state index contributed by atoms with van der Waals surface area (Å²) in [5.74, 6) is 2.54. The molecule has 0 bridgehead atoms. The van der Waals surface area contributed by atoms with Crippen LogP contribution in [-0.4, -0.2) is 17.6 Å². The minimum atomic E-state index is -0.264. The predicted molar refractivity (Wildman–Crippen MR) is 70.0 cm³/mol. The zero-order chi connectivity index (χ0) is 12.3. The van der Waals surface area contributed by atoms with Gasteiger partial charge in [0.1, 0.15) is 17.7 Å². The van der Waals surface area contributed by atoms with E-state index < -0.39 is 0 Å². The van der Waals surface area contributed by atoms with E-state index in [9.17, 15) is 4.39 Å². The zero-order valence-electron chi connectivity index (χ0n) is 9.99. The molecule has 2 nitrogen and oxygen atoms in total. The van der Waals surface area contributed by atoms with Crippen LogP contribution in [0.15, 0.2) is 18.2 Å². The number of hydrogen-bond acceptors (Lipinski definition) is 3. The van der Waals surface area contributed by atoms with E-state index in [2.05, 4.69) is 6.92 Å². The van der Waals surface area contributed by atoms with Gasteiger partial charge >= 0.3 is 0 Å². The first-order chi connectivity index (χ1) is 8.20. The molecule has 0 radical (unpaired) electrons. The van der Waals surface area contributed by atoms with Crippen molar-refractivity contribution in [1.82, 2.24) is 0 Å². The van der Waals surface area contributed by atoms with Crippen molar-refractivity contribution in [3.63, 3.8) is 0 Å². The predicted octanol–water partition coefficient (Wildman–Crippen LogP) is 3.12. The van der Waals surface area contributed by atoms with Crippen LogP contribution in [0.5, 0.6) is 5.75 Å². The van der Waals surface area contributed by atoms with Crippen molar-refractivity contribution in [3.05, 3.63) is 29.6 Å². The van der Waals surface area contributed by atoms with E-state index in [1.54, 1.807) is 6.07 Å². The molecule has 0 fully saturated rings. The summed E-state index contributed by atoms with van der Waals surface area (Å²) < 4.78 is 18.9. The summed E-state index contributed by atoms with van der Waals surface area (Å²) in [6, 6.07) is 4.58. The maximum atomic E-state index is 13.1. The number of nitrogens with two attached hydrogens (primary N) is 1. The number of thioether (sulfide) groups is 1. The number of hydrogen-bond donors (Lipinski definition) is 1. The fourth-order valence-corrected chi connectivity index (χ4v) is 2.81. The van der Waals surface area contributed by atoms with Crippen LogP contribution < -0.4 is 10.5 Å². The number of benzene rings is 1. The molecular formula is C13H18FNOS. The number of fused-ring (bicyclic) bond motifs is 1. The Morgan fingerprint density at radius 1 is 1.53 bits per heavy atom. The van der Waals surface area contributed by atoms with E-state index in [1.165, 1.54) is 12.1 Å².